The molecule has 0 fully saturated rings. The summed E-state index contributed by atoms with van der Waals surface area (Å²) in [5.41, 5.74) is 6.63. The molecule has 1 aromatic rings. The Hall–Kier alpha value is -0.900. The van der Waals surface area contributed by atoms with Gasteiger partial charge in [0.2, 0.25) is 0 Å². The predicted molar refractivity (Wildman–Crippen MR) is 53.2 cm³/mol. The Balaban J connectivity index is 2.34. The van der Waals surface area contributed by atoms with Crippen molar-refractivity contribution in [2.45, 2.75) is 12.6 Å². The maximum atomic E-state index is 8.86. The molecule has 0 radical (unpaired) electrons. The fourth-order valence-corrected chi connectivity index (χ4v) is 1.08. The molecule has 0 saturated heterocycles. The van der Waals surface area contributed by atoms with Gasteiger partial charge in [0, 0.05) is 19.1 Å². The first-order chi connectivity index (χ1) is 6.36. The van der Waals surface area contributed by atoms with E-state index in [0.717, 1.165) is 6.54 Å². The van der Waals surface area contributed by atoms with E-state index in [0.29, 0.717) is 6.54 Å². The fourth-order valence-electron chi connectivity index (χ4n) is 1.08. The highest BCUT2D eigenvalue weighted by molar-refractivity contribution is 5.14. The van der Waals surface area contributed by atoms with Crippen LogP contribution in [-0.2, 0) is 6.54 Å². The number of hydrogen-bond donors (Lipinski definition) is 3. The van der Waals surface area contributed by atoms with E-state index in [2.05, 4.69) is 5.32 Å². The van der Waals surface area contributed by atoms with E-state index in [9.17, 15) is 0 Å². The lowest BCUT2D eigenvalue weighted by molar-refractivity contribution is 0.245. The van der Waals surface area contributed by atoms with Gasteiger partial charge < -0.3 is 16.2 Å². The van der Waals surface area contributed by atoms with Gasteiger partial charge in [-0.25, -0.2) is 0 Å². The van der Waals surface area contributed by atoms with Crippen LogP contribution >= 0.6 is 0 Å². The van der Waals surface area contributed by atoms with E-state index in [1.807, 2.05) is 30.3 Å². The summed E-state index contributed by atoms with van der Waals surface area (Å²) >= 11 is 0. The second-order valence-electron chi connectivity index (χ2n) is 2.98. The summed E-state index contributed by atoms with van der Waals surface area (Å²) < 4.78 is 0. The van der Waals surface area contributed by atoms with Crippen LogP contribution in [0, 0.1) is 0 Å². The van der Waals surface area contributed by atoms with Crippen LogP contribution in [0.15, 0.2) is 30.3 Å². The first-order valence-corrected chi connectivity index (χ1v) is 4.45. The molecular formula is C10H16N2O. The molecule has 0 saturated carbocycles. The maximum absolute atomic E-state index is 8.86. The zero-order chi connectivity index (χ0) is 9.52. The molecule has 13 heavy (non-hydrogen) atoms. The Bertz CT molecular complexity index is 222. The Morgan fingerprint density at radius 2 is 2.00 bits per heavy atom. The molecule has 3 heteroatoms. The number of aliphatic hydroxyl groups excluding tert-OH is 1. The van der Waals surface area contributed by atoms with Gasteiger partial charge in [-0.05, 0) is 5.56 Å². The molecule has 1 rings (SSSR count). The topological polar surface area (TPSA) is 58.3 Å². The quantitative estimate of drug-likeness (QED) is 0.602. The normalized spacial score (nSPS) is 12.8. The molecule has 0 heterocycles. The van der Waals surface area contributed by atoms with Gasteiger partial charge >= 0.3 is 0 Å². The lowest BCUT2D eigenvalue weighted by Crippen LogP contribution is -2.38. The monoisotopic (exact) mass is 180 g/mol. The summed E-state index contributed by atoms with van der Waals surface area (Å²) in [5, 5.41) is 12.0. The van der Waals surface area contributed by atoms with Crippen molar-refractivity contribution in [2.24, 2.45) is 5.73 Å². The van der Waals surface area contributed by atoms with Gasteiger partial charge in [0.25, 0.3) is 0 Å². The van der Waals surface area contributed by atoms with Crippen LogP contribution in [0.2, 0.25) is 0 Å². The molecule has 0 aromatic heterocycles. The van der Waals surface area contributed by atoms with Crippen LogP contribution in [0.25, 0.3) is 0 Å². The number of nitrogens with two attached hydrogens (primary N) is 1. The van der Waals surface area contributed by atoms with E-state index in [4.69, 9.17) is 10.8 Å². The standard InChI is InChI=1S/C10H16N2O/c11-6-10(8-13)12-7-9-4-2-1-3-5-9/h1-5,10,12-13H,6-8,11H2/t10-/m1/s1. The van der Waals surface area contributed by atoms with Crippen molar-refractivity contribution in [3.05, 3.63) is 35.9 Å². The van der Waals surface area contributed by atoms with Gasteiger partial charge in [0.1, 0.15) is 0 Å². The summed E-state index contributed by atoms with van der Waals surface area (Å²) in [6, 6.07) is 10.0. The Labute approximate surface area is 78.6 Å². The third kappa shape index (κ3) is 3.55. The summed E-state index contributed by atoms with van der Waals surface area (Å²) in [5.74, 6) is 0. The van der Waals surface area contributed by atoms with E-state index in [1.54, 1.807) is 0 Å². The summed E-state index contributed by atoms with van der Waals surface area (Å²) in [4.78, 5) is 0. The molecule has 72 valence electrons. The SMILES string of the molecule is NC[C@H](CO)NCc1ccccc1. The molecule has 0 unspecified atom stereocenters. The minimum absolute atomic E-state index is 0.000191. The molecule has 3 nitrogen and oxygen atoms in total. The van der Waals surface area contributed by atoms with Crippen molar-refractivity contribution in [3.8, 4) is 0 Å². The molecule has 0 amide bonds. The lowest BCUT2D eigenvalue weighted by Gasteiger charge is -2.13. The second kappa shape index (κ2) is 5.70. The average Bonchev–Trinajstić information content (AvgIpc) is 2.21. The maximum Gasteiger partial charge on any atom is 0.0597 e. The van der Waals surface area contributed by atoms with Crippen LogP contribution < -0.4 is 11.1 Å². The van der Waals surface area contributed by atoms with Crippen molar-refractivity contribution >= 4 is 0 Å². The van der Waals surface area contributed by atoms with Crippen molar-refractivity contribution in [2.75, 3.05) is 13.2 Å². The highest BCUT2D eigenvalue weighted by Crippen LogP contribution is 1.97. The molecule has 1 atom stereocenters. The second-order valence-corrected chi connectivity index (χ2v) is 2.98. The van der Waals surface area contributed by atoms with Gasteiger partial charge in [0.15, 0.2) is 0 Å². The largest absolute Gasteiger partial charge is 0.395 e. The molecule has 0 spiro atoms. The van der Waals surface area contributed by atoms with Crippen LogP contribution in [0.1, 0.15) is 5.56 Å². The van der Waals surface area contributed by atoms with Gasteiger partial charge in [-0.15, -0.1) is 0 Å². The van der Waals surface area contributed by atoms with E-state index in [-0.39, 0.29) is 12.6 Å². The van der Waals surface area contributed by atoms with Crippen molar-refractivity contribution in [3.63, 3.8) is 0 Å². The van der Waals surface area contributed by atoms with E-state index in [1.165, 1.54) is 5.56 Å². The Kier molecular flexibility index (Phi) is 4.46. The lowest BCUT2D eigenvalue weighted by atomic mass is 10.2. The van der Waals surface area contributed by atoms with Gasteiger partial charge in [0.05, 0.1) is 6.61 Å². The summed E-state index contributed by atoms with van der Waals surface area (Å²) in [6.07, 6.45) is 0. The zero-order valence-electron chi connectivity index (χ0n) is 7.61. The van der Waals surface area contributed by atoms with Gasteiger partial charge in [-0.2, -0.15) is 0 Å². The van der Waals surface area contributed by atoms with Crippen molar-refractivity contribution < 1.29 is 5.11 Å². The molecule has 0 aliphatic rings. The van der Waals surface area contributed by atoms with Crippen molar-refractivity contribution in [1.29, 1.82) is 0 Å². The third-order valence-corrected chi connectivity index (χ3v) is 1.94. The average molecular weight is 180 g/mol. The van der Waals surface area contributed by atoms with Crippen molar-refractivity contribution in [1.82, 2.24) is 5.32 Å². The summed E-state index contributed by atoms with van der Waals surface area (Å²) in [7, 11) is 0. The number of benzene rings is 1. The zero-order valence-corrected chi connectivity index (χ0v) is 7.61. The molecule has 0 bridgehead atoms. The van der Waals surface area contributed by atoms with Gasteiger partial charge in [-0.1, -0.05) is 30.3 Å². The predicted octanol–water partition coefficient (Wildman–Crippen LogP) is 0.0958. The van der Waals surface area contributed by atoms with Crippen LogP contribution in [0.3, 0.4) is 0 Å². The molecular weight excluding hydrogens is 164 g/mol. The highest BCUT2D eigenvalue weighted by Gasteiger charge is 2.02. The number of hydrogen-bond acceptors (Lipinski definition) is 3. The van der Waals surface area contributed by atoms with Gasteiger partial charge in [-0.3, -0.25) is 0 Å². The first kappa shape index (κ1) is 10.2. The fraction of sp³-hybridized carbons (Fsp3) is 0.400. The van der Waals surface area contributed by atoms with Crippen LogP contribution in [0.4, 0.5) is 0 Å². The van der Waals surface area contributed by atoms with E-state index < -0.39 is 0 Å². The first-order valence-electron chi connectivity index (χ1n) is 4.45. The van der Waals surface area contributed by atoms with Crippen LogP contribution in [0.5, 0.6) is 0 Å². The molecule has 1 aromatic carbocycles. The smallest absolute Gasteiger partial charge is 0.0597 e. The molecule has 0 aliphatic carbocycles. The van der Waals surface area contributed by atoms with Crippen LogP contribution in [-0.4, -0.2) is 24.3 Å². The number of aliphatic hydroxyl groups is 1. The highest BCUT2D eigenvalue weighted by atomic mass is 16.3. The minimum atomic E-state index is 0.000191. The molecule has 0 aliphatic heterocycles. The Morgan fingerprint density at radius 3 is 2.54 bits per heavy atom. The molecule has 4 N–H and O–H groups in total. The Morgan fingerprint density at radius 1 is 1.31 bits per heavy atom. The van der Waals surface area contributed by atoms with E-state index >= 15 is 0 Å². The number of rotatable bonds is 5. The third-order valence-electron chi connectivity index (χ3n) is 1.94. The minimum Gasteiger partial charge on any atom is -0.395 e. The number of nitrogens with one attached hydrogen (secondary N) is 1. The summed E-state index contributed by atoms with van der Waals surface area (Å²) in [6.45, 7) is 1.30.